The fourth-order valence-corrected chi connectivity index (χ4v) is 12.9. The molecule has 81 heavy (non-hydrogen) atoms. The minimum Gasteiger partial charge on any atom is -0.496 e. The third kappa shape index (κ3) is 22.5. The summed E-state index contributed by atoms with van der Waals surface area (Å²) in [6, 6.07) is 11.4. The zero-order chi connectivity index (χ0) is 59.8. The van der Waals surface area contributed by atoms with Crippen molar-refractivity contribution >= 4 is 83.1 Å². The van der Waals surface area contributed by atoms with Crippen molar-refractivity contribution in [3.63, 3.8) is 0 Å². The van der Waals surface area contributed by atoms with E-state index in [0.29, 0.717) is 41.4 Å². The standard InChI is InChI=1S/C60H93N5O13Si3/c1-38(2)55(65-57(70)48(21-22-51(67)75-23-26-79(5,6)7)63-59(72)49(61-39(3)66)35-52(68)76-24-27-80(8,9)10)60(73)64-50(36-53(69)77-25-28-81(11,12)13)58(71)62-46-19-17-40(18-20-46)37-78-47-16-14-15-43(34-47)56(74-4)54-44-30-41-29-42(32-44)33-45(54)31-41/h14-20,34,38,41-42,44-45,48-50,55H,21-33,35-37H2,1-13H3,(H,61,66)(H,62,71)(H,63,72)(H,64,73)(H,65,70)/t41?,42?,44?,45?,48-,49?,50-,55-/m0/s1. The van der Waals surface area contributed by atoms with E-state index in [1.165, 1.54) is 44.6 Å². The molecule has 2 aromatic carbocycles. The van der Waals surface area contributed by atoms with Crippen LogP contribution in [-0.4, -0.2) is 123 Å². The Labute approximate surface area is 483 Å². The van der Waals surface area contributed by atoms with E-state index in [4.69, 9.17) is 23.7 Å². The maximum absolute atomic E-state index is 14.3. The molecule has 4 bridgehead atoms. The summed E-state index contributed by atoms with van der Waals surface area (Å²) < 4.78 is 28.8. The molecule has 21 heteroatoms. The van der Waals surface area contributed by atoms with Gasteiger partial charge in [0.15, 0.2) is 0 Å². The molecule has 4 atom stereocenters. The number of hydrogen-bond donors (Lipinski definition) is 5. The van der Waals surface area contributed by atoms with Crippen molar-refractivity contribution in [2.45, 2.75) is 186 Å². The molecule has 0 spiro atoms. The Hall–Kier alpha value is -5.81. The molecule has 0 radical (unpaired) electrons. The maximum Gasteiger partial charge on any atom is 0.308 e. The predicted molar refractivity (Wildman–Crippen MR) is 321 cm³/mol. The van der Waals surface area contributed by atoms with Crippen molar-refractivity contribution in [2.24, 2.45) is 29.6 Å². The molecule has 4 aliphatic rings. The molecule has 5 amide bonds. The molecule has 2 aromatic rings. The summed E-state index contributed by atoms with van der Waals surface area (Å²) in [5.74, 6) is -2.08. The zero-order valence-electron chi connectivity index (χ0n) is 50.4. The Bertz CT molecular complexity index is 2520. The van der Waals surface area contributed by atoms with Crippen LogP contribution >= 0.6 is 0 Å². The van der Waals surface area contributed by atoms with Gasteiger partial charge >= 0.3 is 17.9 Å². The smallest absolute Gasteiger partial charge is 0.308 e. The molecule has 448 valence electrons. The topological polar surface area (TPSA) is 243 Å². The van der Waals surface area contributed by atoms with Crippen molar-refractivity contribution in [1.82, 2.24) is 21.3 Å². The molecule has 1 unspecified atom stereocenters. The summed E-state index contributed by atoms with van der Waals surface area (Å²) in [4.78, 5) is 108. The number of ether oxygens (including phenoxy) is 5. The van der Waals surface area contributed by atoms with Crippen LogP contribution in [0.5, 0.6) is 5.75 Å². The molecule has 0 heterocycles. The molecule has 0 saturated heterocycles. The number of amides is 5. The Morgan fingerprint density at radius 3 is 1.57 bits per heavy atom. The van der Waals surface area contributed by atoms with Crippen LogP contribution in [0.2, 0.25) is 77.1 Å². The highest BCUT2D eigenvalue weighted by molar-refractivity contribution is 6.76. The van der Waals surface area contributed by atoms with Crippen LogP contribution in [0, 0.1) is 29.6 Å². The van der Waals surface area contributed by atoms with E-state index in [9.17, 15) is 38.4 Å². The zero-order valence-corrected chi connectivity index (χ0v) is 53.4. The van der Waals surface area contributed by atoms with Crippen molar-refractivity contribution < 1.29 is 62.0 Å². The molecule has 18 nitrogen and oxygen atoms in total. The number of nitrogens with one attached hydrogen (secondary N) is 5. The van der Waals surface area contributed by atoms with Gasteiger partial charge in [-0.25, -0.2) is 0 Å². The molecule has 4 aliphatic carbocycles. The lowest BCUT2D eigenvalue weighted by molar-refractivity contribution is -0.146. The van der Waals surface area contributed by atoms with Crippen molar-refractivity contribution in [1.29, 1.82) is 0 Å². The minimum absolute atomic E-state index is 0.143. The Morgan fingerprint density at radius 2 is 1.07 bits per heavy atom. The van der Waals surface area contributed by atoms with E-state index < -0.39 is 115 Å². The number of carbonyl (C=O) groups excluding carboxylic acids is 8. The minimum atomic E-state index is -1.61. The molecule has 4 saturated carbocycles. The highest BCUT2D eigenvalue weighted by Gasteiger charge is 2.47. The number of allylic oxidation sites excluding steroid dienone is 1. The van der Waals surface area contributed by atoms with Crippen LogP contribution in [0.4, 0.5) is 5.69 Å². The molecule has 4 fully saturated rings. The number of carbonyl (C=O) groups is 8. The van der Waals surface area contributed by atoms with Gasteiger partial charge in [-0.05, 0) is 122 Å². The summed E-state index contributed by atoms with van der Waals surface area (Å²) in [5, 5.41) is 13.2. The van der Waals surface area contributed by atoms with E-state index in [0.717, 1.165) is 28.7 Å². The fourth-order valence-electron chi connectivity index (χ4n) is 10.7. The summed E-state index contributed by atoms with van der Waals surface area (Å²) in [7, 11) is -2.97. The van der Waals surface area contributed by atoms with E-state index in [2.05, 4.69) is 91.6 Å². The summed E-state index contributed by atoms with van der Waals surface area (Å²) in [6.07, 6.45) is 4.74. The number of esters is 3. The average molecular weight is 1180 g/mol. The van der Waals surface area contributed by atoms with E-state index in [1.807, 2.05) is 18.2 Å². The largest absolute Gasteiger partial charge is 0.496 e. The first kappa shape index (κ1) is 66.0. The second-order valence-electron chi connectivity index (χ2n) is 26.4. The normalized spacial score (nSPS) is 19.0. The summed E-state index contributed by atoms with van der Waals surface area (Å²) >= 11 is 0. The van der Waals surface area contributed by atoms with E-state index >= 15 is 0 Å². The van der Waals surface area contributed by atoms with E-state index in [1.54, 1.807) is 45.2 Å². The van der Waals surface area contributed by atoms with E-state index in [-0.39, 0.29) is 39.3 Å². The third-order valence-electron chi connectivity index (χ3n) is 15.1. The van der Waals surface area contributed by atoms with Crippen molar-refractivity contribution in [3.8, 4) is 5.75 Å². The quantitative estimate of drug-likeness (QED) is 0.0205. The molecule has 6 rings (SSSR count). The first-order chi connectivity index (χ1) is 37.9. The van der Waals surface area contributed by atoms with Gasteiger partial charge in [-0.2, -0.15) is 0 Å². The van der Waals surface area contributed by atoms with Crippen molar-refractivity contribution in [3.05, 3.63) is 65.2 Å². The molecule has 0 aliphatic heterocycles. The third-order valence-corrected chi connectivity index (χ3v) is 20.3. The maximum atomic E-state index is 14.3. The van der Waals surface area contributed by atoms with Crippen LogP contribution in [0.25, 0.3) is 5.76 Å². The Balaban J connectivity index is 1.29. The molecule has 0 aromatic heterocycles. The summed E-state index contributed by atoms with van der Waals surface area (Å²) in [5.41, 5.74) is 3.68. The lowest BCUT2D eigenvalue weighted by Gasteiger charge is -2.51. The lowest BCUT2D eigenvalue weighted by atomic mass is 9.54. The fraction of sp³-hybridized carbons (Fsp3) is 0.633. The molecular weight excluding hydrogens is 1080 g/mol. The number of benzene rings is 2. The Kier molecular flexibility index (Phi) is 24.4. The highest BCUT2D eigenvalue weighted by Crippen LogP contribution is 2.58. The Morgan fingerprint density at radius 1 is 0.580 bits per heavy atom. The summed E-state index contributed by atoms with van der Waals surface area (Å²) in [6.45, 7) is 24.4. The van der Waals surface area contributed by atoms with Gasteiger partial charge in [0.05, 0.1) is 39.8 Å². The van der Waals surface area contributed by atoms with Gasteiger partial charge in [0.2, 0.25) is 29.5 Å². The van der Waals surface area contributed by atoms with Gasteiger partial charge in [0.1, 0.15) is 42.3 Å². The van der Waals surface area contributed by atoms with Crippen LogP contribution in [0.1, 0.15) is 89.7 Å². The SMILES string of the molecule is COC(=C1C2CC3CC(C2)CC1C3)c1cccc(OCc2ccc(NC(=O)[C@H](CC(=O)OCC[Si](C)(C)C)NC(=O)[C@@H](NC(=O)[C@H](CCC(=O)OCC[Si](C)(C)C)NC(=O)C(CC(=O)OCC[Si](C)(C)C)NC(C)=O)C(C)C)cc2)c1. The van der Waals surface area contributed by atoms with Gasteiger partial charge in [0, 0.05) is 48.8 Å². The molecular formula is C60H93N5O13Si3. The number of rotatable bonds is 31. The lowest BCUT2D eigenvalue weighted by Crippen LogP contribution is -2.59. The first-order valence-corrected chi connectivity index (χ1v) is 40.1. The van der Waals surface area contributed by atoms with Crippen molar-refractivity contribution in [2.75, 3.05) is 32.2 Å². The second kappa shape index (κ2) is 30.0. The predicted octanol–water partition coefficient (Wildman–Crippen LogP) is 8.84. The monoisotopic (exact) mass is 1180 g/mol. The van der Waals surface area contributed by atoms with Gasteiger partial charge in [0.25, 0.3) is 0 Å². The molecule has 5 N–H and O–H groups in total. The van der Waals surface area contributed by atoms with Gasteiger partial charge in [-0.1, -0.05) is 97.0 Å². The highest BCUT2D eigenvalue weighted by atomic mass is 28.3. The average Bonchev–Trinajstić information content (AvgIpc) is 3.57. The number of anilines is 1. The van der Waals surface area contributed by atoms with Crippen LogP contribution in [0.3, 0.4) is 0 Å². The van der Waals surface area contributed by atoms with Gasteiger partial charge < -0.3 is 50.3 Å². The number of hydrogen-bond acceptors (Lipinski definition) is 13. The van der Waals surface area contributed by atoms with Crippen LogP contribution in [-0.2, 0) is 63.9 Å². The van der Waals surface area contributed by atoms with Gasteiger partial charge in [-0.15, -0.1) is 0 Å². The number of methoxy groups -OCH3 is 1. The van der Waals surface area contributed by atoms with Gasteiger partial charge in [-0.3, -0.25) is 38.4 Å². The first-order valence-electron chi connectivity index (χ1n) is 29.0. The van der Waals surface area contributed by atoms with Crippen LogP contribution in [0.15, 0.2) is 54.1 Å². The second-order valence-corrected chi connectivity index (χ2v) is 43.3. The van der Waals surface area contributed by atoms with Crippen LogP contribution < -0.4 is 31.3 Å².